The zero-order valence-electron chi connectivity index (χ0n) is 13.4. The van der Waals surface area contributed by atoms with E-state index in [9.17, 15) is 4.39 Å². The first-order valence-electron chi connectivity index (χ1n) is 7.42. The van der Waals surface area contributed by atoms with Gasteiger partial charge >= 0.3 is 0 Å². The van der Waals surface area contributed by atoms with Crippen LogP contribution in [-0.4, -0.2) is 24.1 Å². The molecule has 1 aromatic heterocycles. The van der Waals surface area contributed by atoms with Crippen molar-refractivity contribution in [1.82, 2.24) is 9.97 Å². The topological polar surface area (TPSA) is 59.1 Å². The SMILES string of the molecule is CNc1nc(Nc2ccc(OC)c(F)c2)cc(-c2ccccc2)n1. The molecule has 0 aliphatic carbocycles. The lowest BCUT2D eigenvalue weighted by molar-refractivity contribution is 0.386. The van der Waals surface area contributed by atoms with Crippen molar-refractivity contribution in [2.75, 3.05) is 24.8 Å². The fourth-order valence-corrected chi connectivity index (χ4v) is 2.27. The fraction of sp³-hybridized carbons (Fsp3) is 0.111. The van der Waals surface area contributed by atoms with Crippen LogP contribution in [0, 0.1) is 5.82 Å². The number of hydrogen-bond donors (Lipinski definition) is 2. The van der Waals surface area contributed by atoms with Crippen LogP contribution in [0.3, 0.4) is 0 Å². The smallest absolute Gasteiger partial charge is 0.224 e. The van der Waals surface area contributed by atoms with Gasteiger partial charge in [-0.2, -0.15) is 4.98 Å². The second kappa shape index (κ2) is 6.95. The van der Waals surface area contributed by atoms with E-state index in [2.05, 4.69) is 20.6 Å². The van der Waals surface area contributed by atoms with E-state index in [-0.39, 0.29) is 5.75 Å². The molecule has 6 heteroatoms. The number of nitrogens with zero attached hydrogens (tertiary/aromatic N) is 2. The van der Waals surface area contributed by atoms with Gasteiger partial charge < -0.3 is 15.4 Å². The molecule has 0 fully saturated rings. The van der Waals surface area contributed by atoms with Crippen LogP contribution >= 0.6 is 0 Å². The summed E-state index contributed by atoms with van der Waals surface area (Å²) in [4.78, 5) is 8.81. The van der Waals surface area contributed by atoms with E-state index in [0.717, 1.165) is 11.3 Å². The van der Waals surface area contributed by atoms with Gasteiger partial charge in [0.25, 0.3) is 0 Å². The van der Waals surface area contributed by atoms with Crippen molar-refractivity contribution in [3.63, 3.8) is 0 Å². The van der Waals surface area contributed by atoms with Gasteiger partial charge in [0, 0.05) is 30.4 Å². The van der Waals surface area contributed by atoms with Gasteiger partial charge in [-0.05, 0) is 12.1 Å². The van der Waals surface area contributed by atoms with Crippen molar-refractivity contribution < 1.29 is 9.13 Å². The number of methoxy groups -OCH3 is 1. The van der Waals surface area contributed by atoms with Crippen LogP contribution in [0.25, 0.3) is 11.3 Å². The van der Waals surface area contributed by atoms with E-state index in [1.807, 2.05) is 36.4 Å². The number of rotatable bonds is 5. The fourth-order valence-electron chi connectivity index (χ4n) is 2.27. The quantitative estimate of drug-likeness (QED) is 0.740. The molecule has 0 spiro atoms. The third kappa shape index (κ3) is 3.43. The number of hydrogen-bond acceptors (Lipinski definition) is 5. The Morgan fingerprint density at radius 3 is 2.46 bits per heavy atom. The van der Waals surface area contributed by atoms with Gasteiger partial charge in [0.05, 0.1) is 12.8 Å². The lowest BCUT2D eigenvalue weighted by Crippen LogP contribution is -2.02. The van der Waals surface area contributed by atoms with E-state index in [4.69, 9.17) is 4.74 Å². The summed E-state index contributed by atoms with van der Waals surface area (Å²) < 4.78 is 18.8. The number of nitrogens with one attached hydrogen (secondary N) is 2. The van der Waals surface area contributed by atoms with Crippen molar-refractivity contribution >= 4 is 17.5 Å². The van der Waals surface area contributed by atoms with Crippen molar-refractivity contribution in [2.45, 2.75) is 0 Å². The van der Waals surface area contributed by atoms with Gasteiger partial charge in [-0.15, -0.1) is 0 Å². The highest BCUT2D eigenvalue weighted by Gasteiger charge is 2.08. The summed E-state index contributed by atoms with van der Waals surface area (Å²) in [6.07, 6.45) is 0. The summed E-state index contributed by atoms with van der Waals surface area (Å²) in [5, 5.41) is 6.03. The first kappa shape index (κ1) is 15.7. The Morgan fingerprint density at radius 2 is 1.79 bits per heavy atom. The molecule has 0 aliphatic rings. The second-order valence-corrected chi connectivity index (χ2v) is 5.05. The summed E-state index contributed by atoms with van der Waals surface area (Å²) in [5.74, 6) is 0.809. The Bertz CT molecular complexity index is 840. The largest absolute Gasteiger partial charge is 0.494 e. The van der Waals surface area contributed by atoms with Crippen LogP contribution in [-0.2, 0) is 0 Å². The molecule has 0 aliphatic heterocycles. The average Bonchev–Trinajstić information content (AvgIpc) is 2.62. The molecule has 0 amide bonds. The molecule has 3 rings (SSSR count). The summed E-state index contributed by atoms with van der Waals surface area (Å²) in [5.41, 5.74) is 2.32. The lowest BCUT2D eigenvalue weighted by Gasteiger charge is -2.11. The van der Waals surface area contributed by atoms with Crippen LogP contribution < -0.4 is 15.4 Å². The number of anilines is 3. The van der Waals surface area contributed by atoms with Crippen molar-refractivity contribution in [3.05, 3.63) is 60.4 Å². The molecule has 5 nitrogen and oxygen atoms in total. The number of ether oxygens (including phenoxy) is 1. The van der Waals surface area contributed by atoms with E-state index >= 15 is 0 Å². The van der Waals surface area contributed by atoms with Crippen LogP contribution in [0.15, 0.2) is 54.6 Å². The van der Waals surface area contributed by atoms with Crippen molar-refractivity contribution in [1.29, 1.82) is 0 Å². The van der Waals surface area contributed by atoms with E-state index in [1.165, 1.54) is 13.2 Å². The molecule has 0 unspecified atom stereocenters. The Kier molecular flexibility index (Phi) is 4.56. The molecule has 2 aromatic carbocycles. The zero-order chi connectivity index (χ0) is 16.9. The first-order valence-corrected chi connectivity index (χ1v) is 7.42. The molecule has 0 saturated carbocycles. The van der Waals surface area contributed by atoms with E-state index < -0.39 is 5.82 Å². The Morgan fingerprint density at radius 1 is 1.00 bits per heavy atom. The van der Waals surface area contributed by atoms with Gasteiger partial charge in [-0.25, -0.2) is 9.37 Å². The molecule has 24 heavy (non-hydrogen) atoms. The molecule has 3 aromatic rings. The molecule has 0 bridgehead atoms. The van der Waals surface area contributed by atoms with Crippen LogP contribution in [0.2, 0.25) is 0 Å². The Labute approximate surface area is 139 Å². The van der Waals surface area contributed by atoms with E-state index in [0.29, 0.717) is 17.5 Å². The summed E-state index contributed by atoms with van der Waals surface area (Å²) >= 11 is 0. The molecule has 0 radical (unpaired) electrons. The van der Waals surface area contributed by atoms with Gasteiger partial charge in [0.15, 0.2) is 11.6 Å². The minimum atomic E-state index is -0.436. The molecular formula is C18H17FN4O. The minimum Gasteiger partial charge on any atom is -0.494 e. The maximum absolute atomic E-state index is 13.8. The first-order chi connectivity index (χ1) is 11.7. The molecule has 0 saturated heterocycles. The van der Waals surface area contributed by atoms with Crippen LogP contribution in [0.4, 0.5) is 21.8 Å². The molecule has 122 valence electrons. The summed E-state index contributed by atoms with van der Waals surface area (Å²) in [7, 11) is 3.18. The molecule has 1 heterocycles. The molecule has 2 N–H and O–H groups in total. The lowest BCUT2D eigenvalue weighted by atomic mass is 10.1. The van der Waals surface area contributed by atoms with Crippen LogP contribution in [0.5, 0.6) is 5.75 Å². The standard InChI is InChI=1S/C18H17FN4O/c1-20-18-22-15(12-6-4-3-5-7-12)11-17(23-18)21-13-8-9-16(24-2)14(19)10-13/h3-11H,1-2H3,(H2,20,21,22,23). The normalized spacial score (nSPS) is 10.3. The highest BCUT2D eigenvalue weighted by Crippen LogP contribution is 2.26. The predicted octanol–water partition coefficient (Wildman–Crippen LogP) is 4.08. The highest BCUT2D eigenvalue weighted by molar-refractivity contribution is 5.67. The second-order valence-electron chi connectivity index (χ2n) is 5.05. The predicted molar refractivity (Wildman–Crippen MR) is 93.2 cm³/mol. The maximum atomic E-state index is 13.8. The molecular weight excluding hydrogens is 307 g/mol. The summed E-state index contributed by atoms with van der Waals surface area (Å²) in [6, 6.07) is 16.3. The number of aromatic nitrogens is 2. The number of halogens is 1. The third-order valence-corrected chi connectivity index (χ3v) is 3.44. The minimum absolute atomic E-state index is 0.198. The monoisotopic (exact) mass is 324 g/mol. The average molecular weight is 324 g/mol. The van der Waals surface area contributed by atoms with Gasteiger partial charge in [0.2, 0.25) is 5.95 Å². The van der Waals surface area contributed by atoms with Crippen LogP contribution in [0.1, 0.15) is 0 Å². The number of benzene rings is 2. The van der Waals surface area contributed by atoms with Gasteiger partial charge in [0.1, 0.15) is 5.82 Å². The van der Waals surface area contributed by atoms with Crippen molar-refractivity contribution in [2.24, 2.45) is 0 Å². The highest BCUT2D eigenvalue weighted by atomic mass is 19.1. The van der Waals surface area contributed by atoms with Gasteiger partial charge in [-0.1, -0.05) is 30.3 Å². The zero-order valence-corrected chi connectivity index (χ0v) is 13.4. The Balaban J connectivity index is 1.94. The Hall–Kier alpha value is -3.15. The van der Waals surface area contributed by atoms with E-state index in [1.54, 1.807) is 19.2 Å². The summed E-state index contributed by atoms with van der Waals surface area (Å²) in [6.45, 7) is 0. The van der Waals surface area contributed by atoms with Gasteiger partial charge in [-0.3, -0.25) is 0 Å². The maximum Gasteiger partial charge on any atom is 0.224 e. The third-order valence-electron chi connectivity index (χ3n) is 3.44. The molecule has 0 atom stereocenters. The van der Waals surface area contributed by atoms with Crippen molar-refractivity contribution in [3.8, 4) is 17.0 Å².